The molecule has 0 spiro atoms. The Kier molecular flexibility index (Phi) is 5.93. The van der Waals surface area contributed by atoms with Crippen LogP contribution in [0, 0.1) is 11.3 Å². The second-order valence-corrected chi connectivity index (χ2v) is 5.69. The predicted octanol–water partition coefficient (Wildman–Crippen LogP) is 3.56. The summed E-state index contributed by atoms with van der Waals surface area (Å²) >= 11 is 6.06. The molecule has 1 aromatic carbocycles. The van der Waals surface area contributed by atoms with Crippen molar-refractivity contribution in [3.05, 3.63) is 53.0 Å². The molecule has 0 unspecified atom stereocenters. The zero-order chi connectivity index (χ0) is 18.4. The van der Waals surface area contributed by atoms with E-state index < -0.39 is 6.03 Å². The van der Waals surface area contributed by atoms with Crippen LogP contribution in [0.1, 0.15) is 19.5 Å². The summed E-state index contributed by atoms with van der Waals surface area (Å²) in [5.41, 5.74) is 7.07. The molecule has 2 N–H and O–H groups in total. The van der Waals surface area contributed by atoms with Crippen LogP contribution >= 0.6 is 11.6 Å². The molecule has 25 heavy (non-hydrogen) atoms. The molecule has 0 aliphatic rings. The second kappa shape index (κ2) is 8.13. The van der Waals surface area contributed by atoms with Crippen molar-refractivity contribution in [2.24, 2.45) is 5.73 Å². The van der Waals surface area contributed by atoms with Crippen molar-refractivity contribution < 1.29 is 9.53 Å². The summed E-state index contributed by atoms with van der Waals surface area (Å²) in [7, 11) is 0. The first-order valence-corrected chi connectivity index (χ1v) is 7.67. The molecule has 0 bridgehead atoms. The average molecular weight is 358 g/mol. The van der Waals surface area contributed by atoms with Gasteiger partial charge in [0.2, 0.25) is 0 Å². The number of nitrogens with zero attached hydrogens (tertiary/aromatic N) is 4. The van der Waals surface area contributed by atoms with Gasteiger partial charge in [-0.05, 0) is 38.1 Å². The summed E-state index contributed by atoms with van der Waals surface area (Å²) < 4.78 is 5.72. The van der Waals surface area contributed by atoms with E-state index in [1.807, 2.05) is 26.0 Å². The Hall–Kier alpha value is -3.11. The number of carbonyl (C=O) groups is 1. The molecule has 0 radical (unpaired) electrons. The zero-order valence-electron chi connectivity index (χ0n) is 13.7. The van der Waals surface area contributed by atoms with Gasteiger partial charge >= 0.3 is 6.03 Å². The summed E-state index contributed by atoms with van der Waals surface area (Å²) in [5, 5.41) is 9.22. The normalized spacial score (nSPS) is 9.84. The number of nitriles is 1. The number of halogens is 1. The smallest absolute Gasteiger partial charge is 0.325 e. The molecule has 2 amide bonds. The molecular formula is C17H16ClN5O2. The lowest BCUT2D eigenvalue weighted by Crippen LogP contribution is -2.32. The van der Waals surface area contributed by atoms with Gasteiger partial charge in [-0.1, -0.05) is 17.2 Å². The summed E-state index contributed by atoms with van der Waals surface area (Å²) in [6.45, 7) is 4.23. The maximum Gasteiger partial charge on any atom is 0.325 e. The first-order chi connectivity index (χ1) is 11.9. The number of hydrogen-bond donors (Lipinski definition) is 1. The number of urea groups is 1. The van der Waals surface area contributed by atoms with Gasteiger partial charge < -0.3 is 10.5 Å². The van der Waals surface area contributed by atoms with Gasteiger partial charge in [0.25, 0.3) is 0 Å². The number of aromatic nitrogens is 2. The second-order valence-electron chi connectivity index (χ2n) is 5.25. The lowest BCUT2D eigenvalue weighted by molar-refractivity contribution is 0.255. The third-order valence-corrected chi connectivity index (χ3v) is 3.33. The predicted molar refractivity (Wildman–Crippen MR) is 94.8 cm³/mol. The van der Waals surface area contributed by atoms with E-state index in [0.717, 1.165) is 10.5 Å². The Labute approximate surface area is 150 Å². The van der Waals surface area contributed by atoms with Crippen LogP contribution in [0.3, 0.4) is 0 Å². The summed E-state index contributed by atoms with van der Waals surface area (Å²) in [4.78, 5) is 21.1. The van der Waals surface area contributed by atoms with Crippen molar-refractivity contribution >= 4 is 29.1 Å². The van der Waals surface area contributed by atoms with Crippen LogP contribution in [0.4, 0.5) is 16.3 Å². The van der Waals surface area contributed by atoms with Crippen LogP contribution in [-0.4, -0.2) is 22.6 Å². The lowest BCUT2D eigenvalue weighted by Gasteiger charge is -2.22. The van der Waals surface area contributed by atoms with Crippen molar-refractivity contribution in [2.45, 2.75) is 13.8 Å². The zero-order valence-corrected chi connectivity index (χ0v) is 14.5. The van der Waals surface area contributed by atoms with E-state index >= 15 is 0 Å². The molecule has 0 saturated carbocycles. The van der Waals surface area contributed by atoms with E-state index in [-0.39, 0.29) is 11.5 Å². The van der Waals surface area contributed by atoms with Crippen molar-refractivity contribution in [3.63, 3.8) is 0 Å². The minimum atomic E-state index is -0.784. The molecule has 128 valence electrons. The summed E-state index contributed by atoms with van der Waals surface area (Å²) in [5.74, 6) is 0.563. The Morgan fingerprint density at radius 3 is 2.72 bits per heavy atom. The van der Waals surface area contributed by atoms with E-state index in [2.05, 4.69) is 9.97 Å². The third-order valence-electron chi connectivity index (χ3n) is 3.09. The van der Waals surface area contributed by atoms with Crippen molar-refractivity contribution in [1.82, 2.24) is 9.97 Å². The molecule has 1 aromatic heterocycles. The van der Waals surface area contributed by atoms with Gasteiger partial charge in [0, 0.05) is 5.02 Å². The van der Waals surface area contributed by atoms with E-state index in [1.165, 1.54) is 12.4 Å². The Balaban J connectivity index is 2.46. The van der Waals surface area contributed by atoms with Gasteiger partial charge in [-0.25, -0.2) is 19.7 Å². The Morgan fingerprint density at radius 2 is 2.16 bits per heavy atom. The number of primary amides is 1. The quantitative estimate of drug-likeness (QED) is 0.823. The minimum absolute atomic E-state index is 0.124. The van der Waals surface area contributed by atoms with Crippen LogP contribution < -0.4 is 15.4 Å². The Bertz CT molecular complexity index is 839. The molecule has 2 rings (SSSR count). The molecular weight excluding hydrogens is 342 g/mol. The number of allylic oxidation sites excluding steroid dienone is 1. The highest BCUT2D eigenvalue weighted by atomic mass is 35.5. The highest BCUT2D eigenvalue weighted by molar-refractivity contribution is 6.31. The van der Waals surface area contributed by atoms with Crippen molar-refractivity contribution in [2.75, 3.05) is 11.5 Å². The molecule has 0 aliphatic heterocycles. The van der Waals surface area contributed by atoms with Crippen molar-refractivity contribution in [1.29, 1.82) is 5.26 Å². The van der Waals surface area contributed by atoms with Gasteiger partial charge in [0.1, 0.15) is 18.4 Å². The van der Waals surface area contributed by atoms with E-state index in [4.69, 9.17) is 27.3 Å². The van der Waals surface area contributed by atoms with Gasteiger partial charge in [-0.3, -0.25) is 0 Å². The topological polar surface area (TPSA) is 105 Å². The number of hydrogen-bond acceptors (Lipinski definition) is 5. The molecule has 8 heteroatoms. The number of rotatable bonds is 5. The highest BCUT2D eigenvalue weighted by Gasteiger charge is 2.21. The van der Waals surface area contributed by atoms with Gasteiger partial charge in [0.05, 0.1) is 18.1 Å². The monoisotopic (exact) mass is 357 g/mol. The molecule has 0 aliphatic carbocycles. The molecule has 1 heterocycles. The number of anilines is 2. The fraction of sp³-hybridized carbons (Fsp3) is 0.176. The van der Waals surface area contributed by atoms with Gasteiger partial charge in [-0.15, -0.1) is 0 Å². The molecule has 7 nitrogen and oxygen atoms in total. The van der Waals surface area contributed by atoms with Crippen LogP contribution in [0.5, 0.6) is 5.75 Å². The Morgan fingerprint density at radius 1 is 1.40 bits per heavy atom. The van der Waals surface area contributed by atoms with E-state index in [1.54, 1.807) is 18.2 Å². The summed E-state index contributed by atoms with van der Waals surface area (Å²) in [6, 6.07) is 5.91. The van der Waals surface area contributed by atoms with Crippen LogP contribution in [-0.2, 0) is 0 Å². The van der Waals surface area contributed by atoms with Gasteiger partial charge in [0.15, 0.2) is 11.5 Å². The van der Waals surface area contributed by atoms with E-state index in [0.29, 0.717) is 23.1 Å². The number of benzene rings is 1. The van der Waals surface area contributed by atoms with Crippen LogP contribution in [0.25, 0.3) is 0 Å². The molecule has 0 saturated heterocycles. The minimum Gasteiger partial charge on any atom is -0.487 e. The number of carbonyl (C=O) groups excluding carboxylic acids is 1. The van der Waals surface area contributed by atoms with E-state index in [9.17, 15) is 4.79 Å². The van der Waals surface area contributed by atoms with Crippen LogP contribution in [0.15, 0.2) is 42.2 Å². The van der Waals surface area contributed by atoms with Crippen LogP contribution in [0.2, 0.25) is 5.02 Å². The fourth-order valence-electron chi connectivity index (χ4n) is 1.93. The lowest BCUT2D eigenvalue weighted by atomic mass is 10.2. The molecule has 2 aromatic rings. The largest absolute Gasteiger partial charge is 0.487 e. The average Bonchev–Trinajstić information content (AvgIpc) is 2.57. The maximum absolute atomic E-state index is 12.0. The summed E-state index contributed by atoms with van der Waals surface area (Å²) in [6.07, 6.45) is 4.43. The van der Waals surface area contributed by atoms with Crippen molar-refractivity contribution in [3.8, 4) is 11.8 Å². The SMILES string of the molecule is CC(C)=CCOc1ccc(Cl)cc1N(C(N)=O)c1cnc(C#N)cn1. The standard InChI is InChI=1S/C17H16ClN5O2/c1-11(2)5-6-25-15-4-3-12(18)7-14(15)23(17(20)24)16-10-21-13(8-19)9-22-16/h3-5,7,9-10H,6H2,1-2H3,(H2,20,24). The molecule has 0 fully saturated rings. The first-order valence-electron chi connectivity index (χ1n) is 7.29. The number of ether oxygens (including phenoxy) is 1. The highest BCUT2D eigenvalue weighted by Crippen LogP contribution is 2.35. The van der Waals surface area contributed by atoms with Gasteiger partial charge in [-0.2, -0.15) is 5.26 Å². The number of amides is 2. The maximum atomic E-state index is 12.0. The number of nitrogens with two attached hydrogens (primary N) is 1. The molecule has 0 atom stereocenters. The first kappa shape index (κ1) is 18.2. The third kappa shape index (κ3) is 4.68. The fourth-order valence-corrected chi connectivity index (χ4v) is 2.10.